The van der Waals surface area contributed by atoms with Gasteiger partial charge < -0.3 is 10.6 Å². The Morgan fingerprint density at radius 2 is 2.00 bits per heavy atom. The number of halogens is 1. The first-order chi connectivity index (χ1) is 13.0. The second-order valence-electron chi connectivity index (χ2n) is 6.18. The Morgan fingerprint density at radius 3 is 2.78 bits per heavy atom. The maximum absolute atomic E-state index is 12.3. The number of thioether (sulfide) groups is 1. The van der Waals surface area contributed by atoms with Crippen molar-refractivity contribution in [2.75, 3.05) is 11.9 Å². The van der Waals surface area contributed by atoms with Crippen LogP contribution in [0.4, 0.5) is 5.69 Å². The van der Waals surface area contributed by atoms with Gasteiger partial charge in [0.2, 0.25) is 11.8 Å². The SMILES string of the molecule is Cc1c(Cl)cccc1NC(=O)CC1SC(=NCCc2ccccc2)NC1=O. The van der Waals surface area contributed by atoms with Crippen molar-refractivity contribution in [3.05, 3.63) is 64.7 Å². The average Bonchev–Trinajstić information content (AvgIpc) is 2.99. The van der Waals surface area contributed by atoms with E-state index in [2.05, 4.69) is 15.6 Å². The topological polar surface area (TPSA) is 70.6 Å². The molecule has 1 saturated heterocycles. The maximum atomic E-state index is 12.3. The summed E-state index contributed by atoms with van der Waals surface area (Å²) in [5.41, 5.74) is 2.66. The largest absolute Gasteiger partial charge is 0.326 e. The molecule has 0 saturated carbocycles. The first-order valence-corrected chi connectivity index (χ1v) is 9.89. The number of benzene rings is 2. The number of nitrogens with one attached hydrogen (secondary N) is 2. The second-order valence-corrected chi connectivity index (χ2v) is 7.78. The van der Waals surface area contributed by atoms with Crippen LogP contribution in [0.1, 0.15) is 17.5 Å². The third kappa shape index (κ3) is 5.34. The Bertz CT molecular complexity index is 871. The molecule has 5 nitrogen and oxygen atoms in total. The van der Waals surface area contributed by atoms with Gasteiger partial charge in [0.25, 0.3) is 0 Å². The van der Waals surface area contributed by atoms with E-state index in [4.69, 9.17) is 11.6 Å². The lowest BCUT2D eigenvalue weighted by atomic mass is 10.2. The van der Waals surface area contributed by atoms with Crippen LogP contribution in [-0.4, -0.2) is 28.8 Å². The summed E-state index contributed by atoms with van der Waals surface area (Å²) in [5, 5.41) is 6.27. The minimum atomic E-state index is -0.472. The highest BCUT2D eigenvalue weighted by atomic mass is 35.5. The summed E-state index contributed by atoms with van der Waals surface area (Å²) in [4.78, 5) is 28.8. The van der Waals surface area contributed by atoms with Gasteiger partial charge in [-0.15, -0.1) is 0 Å². The normalized spacial score (nSPS) is 17.8. The summed E-state index contributed by atoms with van der Waals surface area (Å²) in [6.07, 6.45) is 0.889. The van der Waals surface area contributed by atoms with Gasteiger partial charge in [0.05, 0.1) is 0 Å². The van der Waals surface area contributed by atoms with Crippen LogP contribution < -0.4 is 10.6 Å². The summed E-state index contributed by atoms with van der Waals surface area (Å²) in [6, 6.07) is 15.4. The quantitative estimate of drug-likeness (QED) is 0.773. The smallest absolute Gasteiger partial charge is 0.240 e. The first kappa shape index (κ1) is 19.5. The molecule has 1 heterocycles. The molecule has 7 heteroatoms. The standard InChI is InChI=1S/C20H20ClN3O2S/c1-13-15(21)8-5-9-16(13)23-18(25)12-17-19(26)24-20(27-17)22-11-10-14-6-3-2-4-7-14/h2-9,17H,10-12H2,1H3,(H,23,25)(H,22,24,26). The Kier molecular flexibility index (Phi) is 6.53. The summed E-state index contributed by atoms with van der Waals surface area (Å²) >= 11 is 7.37. The lowest BCUT2D eigenvalue weighted by molar-refractivity contribution is -0.122. The minimum Gasteiger partial charge on any atom is -0.326 e. The number of anilines is 1. The van der Waals surface area contributed by atoms with E-state index in [9.17, 15) is 9.59 Å². The number of amidine groups is 1. The van der Waals surface area contributed by atoms with Crippen LogP contribution in [0.15, 0.2) is 53.5 Å². The monoisotopic (exact) mass is 401 g/mol. The molecule has 0 radical (unpaired) electrons. The minimum absolute atomic E-state index is 0.0835. The zero-order valence-electron chi connectivity index (χ0n) is 14.9. The number of carbonyl (C=O) groups excluding carboxylic acids is 2. The molecular weight excluding hydrogens is 382 g/mol. The highest BCUT2D eigenvalue weighted by molar-refractivity contribution is 8.15. The molecule has 2 aromatic carbocycles. The fraction of sp³-hybridized carbons (Fsp3) is 0.250. The zero-order valence-corrected chi connectivity index (χ0v) is 16.4. The van der Waals surface area contributed by atoms with E-state index in [1.54, 1.807) is 18.2 Å². The molecule has 1 atom stereocenters. The molecule has 1 aliphatic rings. The highest BCUT2D eigenvalue weighted by Gasteiger charge is 2.32. The van der Waals surface area contributed by atoms with Crippen molar-refractivity contribution in [2.24, 2.45) is 4.99 Å². The third-order valence-corrected chi connectivity index (χ3v) is 5.72. The Hall–Kier alpha value is -2.31. The van der Waals surface area contributed by atoms with E-state index < -0.39 is 5.25 Å². The number of hydrogen-bond donors (Lipinski definition) is 2. The second kappa shape index (κ2) is 9.06. The van der Waals surface area contributed by atoms with Crippen molar-refractivity contribution in [2.45, 2.75) is 25.0 Å². The molecule has 140 valence electrons. The van der Waals surface area contributed by atoms with Crippen molar-refractivity contribution in [1.29, 1.82) is 0 Å². The van der Waals surface area contributed by atoms with Crippen LogP contribution in [0.25, 0.3) is 0 Å². The lowest BCUT2D eigenvalue weighted by Gasteiger charge is -2.10. The maximum Gasteiger partial charge on any atom is 0.240 e. The molecule has 3 rings (SSSR count). The van der Waals surface area contributed by atoms with E-state index in [-0.39, 0.29) is 18.2 Å². The molecule has 1 unspecified atom stereocenters. The van der Waals surface area contributed by atoms with Crippen LogP contribution >= 0.6 is 23.4 Å². The van der Waals surface area contributed by atoms with E-state index in [0.717, 1.165) is 12.0 Å². The fourth-order valence-corrected chi connectivity index (χ4v) is 3.83. The lowest BCUT2D eigenvalue weighted by Crippen LogP contribution is -2.28. The Morgan fingerprint density at radius 1 is 1.22 bits per heavy atom. The molecular formula is C20H20ClN3O2S. The molecule has 1 fully saturated rings. The summed E-state index contributed by atoms with van der Waals surface area (Å²) in [5.74, 6) is -0.407. The van der Waals surface area contributed by atoms with E-state index in [0.29, 0.717) is 22.4 Å². The van der Waals surface area contributed by atoms with Crippen LogP contribution in [0.3, 0.4) is 0 Å². The predicted octanol–water partition coefficient (Wildman–Crippen LogP) is 3.81. The molecule has 27 heavy (non-hydrogen) atoms. The van der Waals surface area contributed by atoms with Gasteiger partial charge in [0, 0.05) is 23.7 Å². The van der Waals surface area contributed by atoms with Crippen LogP contribution in [0.2, 0.25) is 5.02 Å². The number of amides is 2. The number of nitrogens with zero attached hydrogens (tertiary/aromatic N) is 1. The highest BCUT2D eigenvalue weighted by Crippen LogP contribution is 2.25. The first-order valence-electron chi connectivity index (χ1n) is 8.64. The summed E-state index contributed by atoms with van der Waals surface area (Å²) < 4.78 is 0. The van der Waals surface area contributed by atoms with Gasteiger partial charge in [-0.3, -0.25) is 14.6 Å². The molecule has 0 spiro atoms. The van der Waals surface area contributed by atoms with Gasteiger partial charge in [-0.1, -0.05) is 59.8 Å². The molecule has 0 aromatic heterocycles. The van der Waals surface area contributed by atoms with Crippen LogP contribution in [0.5, 0.6) is 0 Å². The van der Waals surface area contributed by atoms with Crippen molar-refractivity contribution < 1.29 is 9.59 Å². The molecule has 2 amide bonds. The van der Waals surface area contributed by atoms with Gasteiger partial charge >= 0.3 is 0 Å². The van der Waals surface area contributed by atoms with Crippen molar-refractivity contribution in [3.63, 3.8) is 0 Å². The van der Waals surface area contributed by atoms with Crippen molar-refractivity contribution >= 4 is 46.0 Å². The summed E-state index contributed by atoms with van der Waals surface area (Å²) in [7, 11) is 0. The Balaban J connectivity index is 1.52. The molecule has 1 aliphatic heterocycles. The van der Waals surface area contributed by atoms with E-state index in [1.807, 2.05) is 37.3 Å². The van der Waals surface area contributed by atoms with Crippen molar-refractivity contribution in [1.82, 2.24) is 5.32 Å². The van der Waals surface area contributed by atoms with E-state index in [1.165, 1.54) is 17.3 Å². The number of rotatable bonds is 6. The number of carbonyl (C=O) groups is 2. The van der Waals surface area contributed by atoms with Gasteiger partial charge in [0.1, 0.15) is 5.25 Å². The predicted molar refractivity (Wildman–Crippen MR) is 111 cm³/mol. The molecule has 0 bridgehead atoms. The van der Waals surface area contributed by atoms with Crippen molar-refractivity contribution in [3.8, 4) is 0 Å². The van der Waals surface area contributed by atoms with Gasteiger partial charge in [-0.25, -0.2) is 0 Å². The van der Waals surface area contributed by atoms with Gasteiger partial charge in [-0.05, 0) is 36.6 Å². The molecule has 0 aliphatic carbocycles. The number of aliphatic imine (C=N–C) groups is 1. The zero-order chi connectivity index (χ0) is 19.2. The van der Waals surface area contributed by atoms with E-state index >= 15 is 0 Å². The number of hydrogen-bond acceptors (Lipinski definition) is 4. The average molecular weight is 402 g/mol. The molecule has 2 N–H and O–H groups in total. The molecule has 2 aromatic rings. The Labute approximate surface area is 167 Å². The van der Waals surface area contributed by atoms with Gasteiger partial charge in [-0.2, -0.15) is 0 Å². The summed E-state index contributed by atoms with van der Waals surface area (Å²) in [6.45, 7) is 2.43. The fourth-order valence-electron chi connectivity index (χ4n) is 2.66. The van der Waals surface area contributed by atoms with Gasteiger partial charge in [0.15, 0.2) is 5.17 Å². The van der Waals surface area contributed by atoms with Crippen LogP contribution in [0, 0.1) is 6.92 Å². The third-order valence-electron chi connectivity index (χ3n) is 4.19. The van der Waals surface area contributed by atoms with Crippen LogP contribution in [-0.2, 0) is 16.0 Å².